The Labute approximate surface area is 42.3 Å². The monoisotopic (exact) mass is 96.1 g/mol. The summed E-state index contributed by atoms with van der Waals surface area (Å²) in [6, 6.07) is 1.89. The van der Waals surface area contributed by atoms with E-state index in [1.807, 2.05) is 19.2 Å². The van der Waals surface area contributed by atoms with Crippen LogP contribution in [0.1, 0.15) is 5.56 Å². The molecule has 0 radical (unpaired) electrons. The van der Waals surface area contributed by atoms with Crippen molar-refractivity contribution in [1.29, 1.82) is 0 Å². The van der Waals surface area contributed by atoms with Crippen molar-refractivity contribution in [1.82, 2.24) is 4.98 Å². The van der Waals surface area contributed by atoms with Crippen LogP contribution in [0.25, 0.3) is 0 Å². The molecule has 0 aliphatic heterocycles. The maximum absolute atomic E-state index is 5.32. The van der Waals surface area contributed by atoms with E-state index in [4.69, 9.17) is 5.73 Å². The lowest BCUT2D eigenvalue weighted by Crippen LogP contribution is -1.79. The number of H-pyrrole nitrogens is 1. The number of aromatic amines is 1. The Hall–Kier alpha value is -0.920. The summed E-state index contributed by atoms with van der Waals surface area (Å²) in [4.78, 5) is 2.85. The molecule has 0 aliphatic carbocycles. The van der Waals surface area contributed by atoms with Crippen molar-refractivity contribution >= 4 is 5.82 Å². The second-order valence-corrected chi connectivity index (χ2v) is 1.63. The molecule has 1 heterocycles. The van der Waals surface area contributed by atoms with E-state index in [0.29, 0.717) is 0 Å². The zero-order valence-electron chi connectivity index (χ0n) is 4.23. The Kier molecular flexibility index (Phi) is 0.785. The van der Waals surface area contributed by atoms with Gasteiger partial charge in [-0.1, -0.05) is 0 Å². The van der Waals surface area contributed by atoms with Gasteiger partial charge in [0, 0.05) is 6.20 Å². The highest BCUT2D eigenvalue weighted by Crippen LogP contribution is 2.00. The summed E-state index contributed by atoms with van der Waals surface area (Å²) in [5, 5.41) is 0. The molecule has 38 valence electrons. The van der Waals surface area contributed by atoms with Crippen molar-refractivity contribution in [2.75, 3.05) is 5.73 Å². The van der Waals surface area contributed by atoms with Crippen LogP contribution in [0.3, 0.4) is 0 Å². The molecule has 1 aromatic heterocycles. The fraction of sp³-hybridized carbons (Fsp3) is 0.200. The Morgan fingerprint density at radius 1 is 1.71 bits per heavy atom. The van der Waals surface area contributed by atoms with Crippen molar-refractivity contribution < 1.29 is 0 Å². The van der Waals surface area contributed by atoms with Gasteiger partial charge in [0.15, 0.2) is 0 Å². The Morgan fingerprint density at radius 3 is 2.57 bits per heavy atom. The predicted molar refractivity (Wildman–Crippen MR) is 29.9 cm³/mol. The van der Waals surface area contributed by atoms with Crippen LogP contribution in [0.4, 0.5) is 5.82 Å². The minimum absolute atomic E-state index is 0.734. The molecule has 0 saturated carbocycles. The Bertz CT molecular complexity index is 138. The number of hydrogen-bond acceptors (Lipinski definition) is 1. The van der Waals surface area contributed by atoms with E-state index in [1.54, 1.807) is 0 Å². The van der Waals surface area contributed by atoms with Crippen LogP contribution >= 0.6 is 0 Å². The molecule has 0 amide bonds. The van der Waals surface area contributed by atoms with Crippen LogP contribution < -0.4 is 5.73 Å². The lowest BCUT2D eigenvalue weighted by atomic mass is 10.4. The summed E-state index contributed by atoms with van der Waals surface area (Å²) >= 11 is 0. The van der Waals surface area contributed by atoms with Crippen LogP contribution in [-0.2, 0) is 0 Å². The fourth-order valence-corrected chi connectivity index (χ4v) is 0.526. The zero-order valence-corrected chi connectivity index (χ0v) is 4.23. The normalized spacial score (nSPS) is 9.29. The van der Waals surface area contributed by atoms with E-state index in [9.17, 15) is 0 Å². The molecule has 0 saturated heterocycles. The number of aryl methyl sites for hydroxylation is 1. The van der Waals surface area contributed by atoms with E-state index in [-0.39, 0.29) is 0 Å². The molecule has 0 aliphatic rings. The largest absolute Gasteiger partial charge is 0.385 e. The summed E-state index contributed by atoms with van der Waals surface area (Å²) in [7, 11) is 0. The van der Waals surface area contributed by atoms with Gasteiger partial charge < -0.3 is 10.7 Å². The first-order chi connectivity index (χ1) is 3.29. The molecule has 2 heteroatoms. The average Bonchev–Trinajstić information content (AvgIpc) is 1.87. The third kappa shape index (κ3) is 0.738. The van der Waals surface area contributed by atoms with Gasteiger partial charge in [0.1, 0.15) is 5.82 Å². The number of nitrogen functional groups attached to an aromatic ring is 1. The average molecular weight is 96.1 g/mol. The van der Waals surface area contributed by atoms with Crippen LogP contribution in [-0.4, -0.2) is 4.98 Å². The van der Waals surface area contributed by atoms with Crippen LogP contribution in [0.15, 0.2) is 12.3 Å². The van der Waals surface area contributed by atoms with Gasteiger partial charge in [0.2, 0.25) is 0 Å². The number of hydrogen-bond donors (Lipinski definition) is 2. The van der Waals surface area contributed by atoms with Crippen LogP contribution in [0.5, 0.6) is 0 Å². The molecule has 0 fully saturated rings. The van der Waals surface area contributed by atoms with Crippen LogP contribution in [0, 0.1) is 6.92 Å². The smallest absolute Gasteiger partial charge is 0.100 e. The predicted octanol–water partition coefficient (Wildman–Crippen LogP) is 0.905. The van der Waals surface area contributed by atoms with Gasteiger partial charge in [-0.2, -0.15) is 0 Å². The van der Waals surface area contributed by atoms with Gasteiger partial charge in [0.05, 0.1) is 0 Å². The van der Waals surface area contributed by atoms with Crippen molar-refractivity contribution in [2.45, 2.75) is 6.92 Å². The summed E-state index contributed by atoms with van der Waals surface area (Å²) in [6.07, 6.45) is 1.87. The van der Waals surface area contributed by atoms with Gasteiger partial charge in [-0.15, -0.1) is 0 Å². The SMILES string of the molecule is Cc1c[nH]c(N)c1. The molecule has 0 bridgehead atoms. The molecule has 0 atom stereocenters. The van der Waals surface area contributed by atoms with E-state index >= 15 is 0 Å². The summed E-state index contributed by atoms with van der Waals surface area (Å²) in [5.74, 6) is 0.734. The minimum atomic E-state index is 0.734. The molecule has 0 aromatic carbocycles. The standard InChI is InChI=1S/C5H8N2/c1-4-2-5(6)7-3-4/h2-3,7H,6H2,1H3. The first-order valence-electron chi connectivity index (χ1n) is 2.19. The number of nitrogens with one attached hydrogen (secondary N) is 1. The number of aromatic nitrogens is 1. The first kappa shape index (κ1) is 4.24. The van der Waals surface area contributed by atoms with Crippen molar-refractivity contribution in [3.05, 3.63) is 17.8 Å². The molecule has 3 N–H and O–H groups in total. The number of anilines is 1. The van der Waals surface area contributed by atoms with Crippen LogP contribution in [0.2, 0.25) is 0 Å². The first-order valence-corrected chi connectivity index (χ1v) is 2.19. The quantitative estimate of drug-likeness (QED) is 0.495. The molecule has 0 spiro atoms. The zero-order chi connectivity index (χ0) is 5.28. The lowest BCUT2D eigenvalue weighted by Gasteiger charge is -1.73. The van der Waals surface area contributed by atoms with E-state index < -0.39 is 0 Å². The highest BCUT2D eigenvalue weighted by atomic mass is 14.8. The minimum Gasteiger partial charge on any atom is -0.385 e. The molecule has 0 unspecified atom stereocenters. The van der Waals surface area contributed by atoms with Gasteiger partial charge >= 0.3 is 0 Å². The highest BCUT2D eigenvalue weighted by Gasteiger charge is 1.83. The highest BCUT2D eigenvalue weighted by molar-refractivity contribution is 5.32. The Morgan fingerprint density at radius 2 is 2.43 bits per heavy atom. The molecular formula is C5H8N2. The van der Waals surface area contributed by atoms with Gasteiger partial charge in [0.25, 0.3) is 0 Å². The van der Waals surface area contributed by atoms with Crippen molar-refractivity contribution in [3.8, 4) is 0 Å². The number of rotatable bonds is 0. The van der Waals surface area contributed by atoms with E-state index in [2.05, 4.69) is 4.98 Å². The van der Waals surface area contributed by atoms with Gasteiger partial charge in [-0.05, 0) is 18.6 Å². The fourth-order valence-electron chi connectivity index (χ4n) is 0.526. The maximum atomic E-state index is 5.32. The van der Waals surface area contributed by atoms with Gasteiger partial charge in [-0.25, -0.2) is 0 Å². The molecular weight excluding hydrogens is 88.1 g/mol. The molecule has 2 nitrogen and oxygen atoms in total. The van der Waals surface area contributed by atoms with Crippen molar-refractivity contribution in [3.63, 3.8) is 0 Å². The molecule has 7 heavy (non-hydrogen) atoms. The second kappa shape index (κ2) is 1.30. The summed E-state index contributed by atoms with van der Waals surface area (Å²) < 4.78 is 0. The van der Waals surface area contributed by atoms with E-state index in [0.717, 1.165) is 5.82 Å². The van der Waals surface area contributed by atoms with E-state index in [1.165, 1.54) is 5.56 Å². The third-order valence-electron chi connectivity index (χ3n) is 0.850. The van der Waals surface area contributed by atoms with Gasteiger partial charge in [-0.3, -0.25) is 0 Å². The third-order valence-corrected chi connectivity index (χ3v) is 0.850. The lowest BCUT2D eigenvalue weighted by molar-refractivity contribution is 1.39. The molecule has 1 rings (SSSR count). The molecule has 1 aromatic rings. The number of nitrogens with two attached hydrogens (primary N) is 1. The van der Waals surface area contributed by atoms with Crippen molar-refractivity contribution in [2.24, 2.45) is 0 Å². The topological polar surface area (TPSA) is 41.8 Å². The maximum Gasteiger partial charge on any atom is 0.100 e. The summed E-state index contributed by atoms with van der Waals surface area (Å²) in [5.41, 5.74) is 6.50. The Balaban J connectivity index is 3.04. The second-order valence-electron chi connectivity index (χ2n) is 1.63. The summed E-state index contributed by atoms with van der Waals surface area (Å²) in [6.45, 7) is 1.99.